The minimum atomic E-state index is -3.01. The first kappa shape index (κ1) is 13.7. The molecule has 1 N–H and O–H groups in total. The number of rotatable bonds is 5. The van der Waals surface area contributed by atoms with Crippen LogP contribution in [0.1, 0.15) is 12.7 Å². The maximum Gasteiger partial charge on any atom is 0.218 e. The van der Waals surface area contributed by atoms with Gasteiger partial charge in [-0.15, -0.1) is 0 Å². The number of methoxy groups -OCH3 is 1. The average Bonchev–Trinajstić information content (AvgIpc) is 2.13. The molecule has 1 heterocycles. The van der Waals surface area contributed by atoms with Crippen LogP contribution >= 0.6 is 0 Å². The summed E-state index contributed by atoms with van der Waals surface area (Å²) < 4.78 is 27.3. The Labute approximate surface area is 101 Å². The topological polar surface area (TPSA) is 81.2 Å². The molecule has 0 aliphatic heterocycles. The van der Waals surface area contributed by atoms with E-state index in [1.54, 1.807) is 19.9 Å². The van der Waals surface area contributed by atoms with E-state index >= 15 is 0 Å². The normalized spacial score (nSPS) is 13.2. The van der Waals surface area contributed by atoms with E-state index in [4.69, 9.17) is 4.74 Å². The quantitative estimate of drug-likeness (QED) is 0.835. The van der Waals surface area contributed by atoms with Crippen molar-refractivity contribution in [3.8, 4) is 5.88 Å². The first-order valence-corrected chi connectivity index (χ1v) is 7.20. The minimum Gasteiger partial charge on any atom is -0.481 e. The van der Waals surface area contributed by atoms with Crippen molar-refractivity contribution in [2.75, 3.05) is 24.4 Å². The lowest BCUT2D eigenvalue weighted by atomic mass is 10.4. The third kappa shape index (κ3) is 4.99. The Hall–Kier alpha value is -1.37. The fourth-order valence-electron chi connectivity index (χ4n) is 1.47. The monoisotopic (exact) mass is 259 g/mol. The van der Waals surface area contributed by atoms with E-state index in [0.29, 0.717) is 17.5 Å². The van der Waals surface area contributed by atoms with Crippen LogP contribution in [-0.4, -0.2) is 43.5 Å². The Bertz CT molecular complexity index is 488. The fraction of sp³-hybridized carbons (Fsp3) is 0.600. The number of anilines is 1. The second-order valence-corrected chi connectivity index (χ2v) is 6.17. The molecule has 1 atom stereocenters. The van der Waals surface area contributed by atoms with E-state index in [1.165, 1.54) is 13.4 Å². The lowest BCUT2D eigenvalue weighted by molar-refractivity contribution is 0.396. The van der Waals surface area contributed by atoms with Crippen molar-refractivity contribution in [3.05, 3.63) is 11.9 Å². The largest absolute Gasteiger partial charge is 0.481 e. The molecule has 96 valence electrons. The molecule has 1 aromatic rings. The van der Waals surface area contributed by atoms with Crippen LogP contribution in [0.4, 0.5) is 5.82 Å². The first-order valence-electron chi connectivity index (χ1n) is 5.14. The maximum atomic E-state index is 11.1. The lowest BCUT2D eigenvalue weighted by Crippen LogP contribution is -2.25. The molecule has 1 aromatic heterocycles. The molecule has 1 rings (SSSR count). The van der Waals surface area contributed by atoms with Gasteiger partial charge in [0.1, 0.15) is 21.5 Å². The van der Waals surface area contributed by atoms with E-state index in [9.17, 15) is 8.42 Å². The zero-order valence-corrected chi connectivity index (χ0v) is 11.2. The van der Waals surface area contributed by atoms with Gasteiger partial charge in [-0.2, -0.15) is 4.98 Å². The molecule has 0 spiro atoms. The lowest BCUT2D eigenvalue weighted by Gasteiger charge is -2.14. The zero-order chi connectivity index (χ0) is 13.1. The number of aromatic nitrogens is 2. The fourth-order valence-corrected chi connectivity index (χ4v) is 2.46. The number of ether oxygens (including phenoxy) is 1. The second kappa shape index (κ2) is 5.31. The molecule has 7 heteroatoms. The molecule has 0 aliphatic carbocycles. The van der Waals surface area contributed by atoms with Crippen molar-refractivity contribution in [2.24, 2.45) is 0 Å². The van der Waals surface area contributed by atoms with Gasteiger partial charge in [0.05, 0.1) is 12.9 Å². The van der Waals surface area contributed by atoms with Gasteiger partial charge in [0.25, 0.3) is 0 Å². The van der Waals surface area contributed by atoms with Gasteiger partial charge in [-0.25, -0.2) is 13.4 Å². The summed E-state index contributed by atoms with van der Waals surface area (Å²) in [6.07, 6.45) is 1.21. The minimum absolute atomic E-state index is 0.0539. The Morgan fingerprint density at radius 1 is 1.47 bits per heavy atom. The smallest absolute Gasteiger partial charge is 0.218 e. The predicted octanol–water partition coefficient (Wildman–Crippen LogP) is 0.639. The third-order valence-corrected chi connectivity index (χ3v) is 3.08. The molecule has 0 amide bonds. The molecular formula is C10H17N3O3S. The van der Waals surface area contributed by atoms with Crippen LogP contribution in [0.5, 0.6) is 5.88 Å². The highest BCUT2D eigenvalue weighted by molar-refractivity contribution is 7.90. The zero-order valence-electron chi connectivity index (χ0n) is 10.4. The standard InChI is InChI=1S/C10H17N3O3S/c1-7(6-17(4,14)15)11-9-5-10(16-3)13-8(2)12-9/h5,7H,6H2,1-4H3,(H,11,12,13). The van der Waals surface area contributed by atoms with Gasteiger partial charge in [-0.05, 0) is 13.8 Å². The van der Waals surface area contributed by atoms with E-state index in [0.717, 1.165) is 0 Å². The summed E-state index contributed by atoms with van der Waals surface area (Å²) in [4.78, 5) is 8.20. The molecular weight excluding hydrogens is 242 g/mol. The van der Waals surface area contributed by atoms with Gasteiger partial charge in [-0.1, -0.05) is 0 Å². The Morgan fingerprint density at radius 3 is 2.65 bits per heavy atom. The average molecular weight is 259 g/mol. The molecule has 0 bridgehead atoms. The van der Waals surface area contributed by atoms with Crippen molar-refractivity contribution >= 4 is 15.7 Å². The summed E-state index contributed by atoms with van der Waals surface area (Å²) >= 11 is 0. The Morgan fingerprint density at radius 2 is 2.12 bits per heavy atom. The van der Waals surface area contributed by atoms with Crippen molar-refractivity contribution in [3.63, 3.8) is 0 Å². The van der Waals surface area contributed by atoms with Crippen LogP contribution in [-0.2, 0) is 9.84 Å². The van der Waals surface area contributed by atoms with Crippen LogP contribution < -0.4 is 10.1 Å². The van der Waals surface area contributed by atoms with Crippen LogP contribution in [0, 0.1) is 6.92 Å². The van der Waals surface area contributed by atoms with E-state index in [1.807, 2.05) is 0 Å². The molecule has 0 saturated carbocycles. The van der Waals surface area contributed by atoms with E-state index in [-0.39, 0.29) is 11.8 Å². The number of nitrogens with zero attached hydrogens (tertiary/aromatic N) is 2. The maximum absolute atomic E-state index is 11.1. The van der Waals surface area contributed by atoms with Crippen LogP contribution in [0.2, 0.25) is 0 Å². The van der Waals surface area contributed by atoms with Gasteiger partial charge in [0, 0.05) is 18.4 Å². The molecule has 0 aromatic carbocycles. The van der Waals surface area contributed by atoms with Crippen LogP contribution in [0.15, 0.2) is 6.07 Å². The summed E-state index contributed by atoms with van der Waals surface area (Å²) in [5.74, 6) is 1.63. The van der Waals surface area contributed by atoms with Crippen LogP contribution in [0.3, 0.4) is 0 Å². The highest BCUT2D eigenvalue weighted by Crippen LogP contribution is 2.13. The summed E-state index contributed by atoms with van der Waals surface area (Å²) in [5, 5.41) is 3.00. The van der Waals surface area contributed by atoms with Crippen molar-refractivity contribution in [1.82, 2.24) is 9.97 Å². The van der Waals surface area contributed by atoms with Crippen LogP contribution in [0.25, 0.3) is 0 Å². The Balaban J connectivity index is 2.77. The molecule has 17 heavy (non-hydrogen) atoms. The summed E-state index contributed by atoms with van der Waals surface area (Å²) in [6.45, 7) is 3.53. The molecule has 0 fully saturated rings. The highest BCUT2D eigenvalue weighted by atomic mass is 32.2. The predicted molar refractivity (Wildman–Crippen MR) is 66.1 cm³/mol. The second-order valence-electron chi connectivity index (χ2n) is 3.98. The van der Waals surface area contributed by atoms with Crippen molar-refractivity contribution in [2.45, 2.75) is 19.9 Å². The number of aryl methyl sites for hydroxylation is 1. The summed E-state index contributed by atoms with van der Waals surface area (Å²) in [7, 11) is -1.49. The van der Waals surface area contributed by atoms with E-state index < -0.39 is 9.84 Å². The highest BCUT2D eigenvalue weighted by Gasteiger charge is 2.11. The summed E-state index contributed by atoms with van der Waals surface area (Å²) in [5.41, 5.74) is 0. The number of hydrogen-bond acceptors (Lipinski definition) is 6. The van der Waals surface area contributed by atoms with Gasteiger partial charge in [0.15, 0.2) is 0 Å². The molecule has 0 aliphatic rings. The van der Waals surface area contributed by atoms with Gasteiger partial charge >= 0.3 is 0 Å². The molecule has 1 unspecified atom stereocenters. The molecule has 0 radical (unpaired) electrons. The van der Waals surface area contributed by atoms with E-state index in [2.05, 4.69) is 15.3 Å². The summed E-state index contributed by atoms with van der Waals surface area (Å²) in [6, 6.07) is 1.41. The van der Waals surface area contributed by atoms with Crippen molar-refractivity contribution < 1.29 is 13.2 Å². The first-order chi connectivity index (χ1) is 7.80. The number of sulfone groups is 1. The van der Waals surface area contributed by atoms with Gasteiger partial charge < -0.3 is 10.1 Å². The third-order valence-electron chi connectivity index (χ3n) is 1.97. The molecule has 6 nitrogen and oxygen atoms in total. The number of hydrogen-bond donors (Lipinski definition) is 1. The SMILES string of the molecule is COc1cc(NC(C)CS(C)(=O)=O)nc(C)n1. The van der Waals surface area contributed by atoms with Crippen molar-refractivity contribution in [1.29, 1.82) is 0 Å². The number of nitrogens with one attached hydrogen (secondary N) is 1. The van der Waals surface area contributed by atoms with Gasteiger partial charge in [0.2, 0.25) is 5.88 Å². The Kier molecular flexibility index (Phi) is 4.28. The molecule has 0 saturated heterocycles. The van der Waals surface area contributed by atoms with Gasteiger partial charge in [-0.3, -0.25) is 0 Å².